The van der Waals surface area contributed by atoms with Gasteiger partial charge in [0.2, 0.25) is 11.6 Å². The molecule has 0 saturated carbocycles. The van der Waals surface area contributed by atoms with E-state index in [1.54, 1.807) is 32.1 Å². The van der Waals surface area contributed by atoms with E-state index in [0.717, 1.165) is 16.7 Å². The van der Waals surface area contributed by atoms with Gasteiger partial charge in [-0.25, -0.2) is 4.79 Å². The predicted molar refractivity (Wildman–Crippen MR) is 227 cm³/mol. The summed E-state index contributed by atoms with van der Waals surface area (Å²) in [5.41, 5.74) is 8.62. The lowest BCUT2D eigenvalue weighted by Gasteiger charge is -2.37. The number of fused-ring (bicyclic) bond motifs is 2. The molecule has 11 heteroatoms. The highest BCUT2D eigenvalue weighted by molar-refractivity contribution is 6.23. The molecule has 1 heterocycles. The summed E-state index contributed by atoms with van der Waals surface area (Å²) in [5, 5.41) is 17.8. The molecule has 3 aromatic carbocycles. The van der Waals surface area contributed by atoms with Crippen molar-refractivity contribution in [2.75, 3.05) is 20.8 Å². The molecule has 3 aromatic rings. The first-order chi connectivity index (χ1) is 28.3. The number of carbonyl (C=O) groups excluding carboxylic acids is 4. The summed E-state index contributed by atoms with van der Waals surface area (Å²) in [6.07, 6.45) is 3.63. The number of hydrogen-bond acceptors (Lipinski definition) is 9. The molecule has 0 aromatic heterocycles. The molecule has 5 rings (SSSR count). The minimum absolute atomic E-state index is 0.132. The minimum Gasteiger partial charge on any atom is -0.439 e. The fourth-order valence-corrected chi connectivity index (χ4v) is 7.97. The topological polar surface area (TPSA) is 166 Å². The van der Waals surface area contributed by atoms with Gasteiger partial charge in [0.25, 0.3) is 5.91 Å². The molecule has 2 bridgehead atoms. The number of aliphatic hydroxyl groups excluding tert-OH is 1. The monoisotopic (exact) mass is 801 g/mol. The fourth-order valence-electron chi connectivity index (χ4n) is 7.97. The molecule has 2 amide bonds. The number of rotatable bonds is 9. The summed E-state index contributed by atoms with van der Waals surface area (Å²) in [7, 11) is 2.95. The number of primary amides is 1. The molecule has 6 atom stereocenters. The van der Waals surface area contributed by atoms with Crippen LogP contribution >= 0.6 is 0 Å². The first-order valence-electron chi connectivity index (χ1n) is 19.8. The third-order valence-corrected chi connectivity index (χ3v) is 11.1. The molecule has 0 radical (unpaired) electrons. The molecule has 0 unspecified atom stereocenters. The number of allylic oxidation sites excluding steroid dienone is 4. The van der Waals surface area contributed by atoms with Crippen molar-refractivity contribution >= 4 is 23.6 Å². The van der Waals surface area contributed by atoms with E-state index in [0.29, 0.717) is 12.0 Å². The maximum Gasteiger partial charge on any atom is 0.405 e. The van der Waals surface area contributed by atoms with Crippen molar-refractivity contribution in [3.63, 3.8) is 0 Å². The number of amides is 2. The Balaban J connectivity index is 1.60. The third kappa shape index (κ3) is 10.4. The maximum absolute atomic E-state index is 14.5. The van der Waals surface area contributed by atoms with Gasteiger partial charge in [-0.1, -0.05) is 129 Å². The van der Waals surface area contributed by atoms with E-state index in [4.69, 9.17) is 19.9 Å². The predicted octanol–water partition coefficient (Wildman–Crippen LogP) is 6.39. The van der Waals surface area contributed by atoms with Gasteiger partial charge in [0.1, 0.15) is 6.10 Å². The SMILES string of the molecule is CO[C@H]1/C=C\C=C(/C)C(=O)NC2=CC(=O)C(NCC(c3ccccc3)(c3ccccc3)c3ccccc3)=C(C[C@@H](C)C[C@H](OC)[C@H](O)[C@@H](C)/C=C(\C)[C@@H]1OC(N)=O)C2=O. The van der Waals surface area contributed by atoms with Gasteiger partial charge >= 0.3 is 6.09 Å². The molecule has 310 valence electrons. The van der Waals surface area contributed by atoms with E-state index in [1.165, 1.54) is 26.4 Å². The molecule has 1 aliphatic carbocycles. The molecule has 1 aliphatic heterocycles. The van der Waals surface area contributed by atoms with Crippen LogP contribution in [0.5, 0.6) is 0 Å². The largest absolute Gasteiger partial charge is 0.439 e. The van der Waals surface area contributed by atoms with Gasteiger partial charge < -0.3 is 35.7 Å². The van der Waals surface area contributed by atoms with Gasteiger partial charge in [-0.15, -0.1) is 0 Å². The van der Waals surface area contributed by atoms with Crippen LogP contribution in [-0.2, 0) is 34.0 Å². The zero-order chi connectivity index (χ0) is 42.7. The molecule has 0 saturated heterocycles. The van der Waals surface area contributed by atoms with Gasteiger partial charge in [-0.05, 0) is 54.9 Å². The Bertz CT molecular complexity index is 2030. The van der Waals surface area contributed by atoms with Crippen LogP contribution in [0.15, 0.2) is 149 Å². The second-order valence-electron chi connectivity index (χ2n) is 15.3. The molecular weight excluding hydrogens is 747 g/mol. The van der Waals surface area contributed by atoms with Crippen LogP contribution in [0.2, 0.25) is 0 Å². The second-order valence-corrected chi connectivity index (χ2v) is 15.3. The Labute approximate surface area is 346 Å². The highest BCUT2D eigenvalue weighted by Gasteiger charge is 2.39. The Hall–Kier alpha value is -5.88. The second kappa shape index (κ2) is 20.2. The van der Waals surface area contributed by atoms with Crippen molar-refractivity contribution < 1.29 is 38.5 Å². The van der Waals surface area contributed by atoms with Gasteiger partial charge in [-0.2, -0.15) is 0 Å². The van der Waals surface area contributed by atoms with Crippen LogP contribution < -0.4 is 16.4 Å². The number of ether oxygens (including phenoxy) is 3. The standard InChI is InChI=1S/C48H55N3O8/c1-30-25-37-42(50-29-48(34-18-10-7-11-19-34,35-20-12-8-13-21-35)36-22-14-9-15-23-36)39(52)28-38(44(37)54)51-46(55)31(2)17-16-24-40(57-5)45(59-47(49)56)33(4)27-32(3)43(53)41(26-30)58-6/h7-24,27-28,30,32,40-41,43,45,50,53H,25-26,29H2,1-6H3,(H2,49,56)(H,51,55)/b24-16-,31-17+,33-27+/t30-,32+,40+,41+,43-,45+/m1/s1. The van der Waals surface area contributed by atoms with E-state index in [9.17, 15) is 24.3 Å². The van der Waals surface area contributed by atoms with Crippen molar-refractivity contribution in [1.29, 1.82) is 0 Å². The zero-order valence-electron chi connectivity index (χ0n) is 34.5. The first-order valence-corrected chi connectivity index (χ1v) is 19.8. The smallest absolute Gasteiger partial charge is 0.405 e. The zero-order valence-corrected chi connectivity index (χ0v) is 34.5. The summed E-state index contributed by atoms with van der Waals surface area (Å²) in [5.74, 6) is -2.32. The van der Waals surface area contributed by atoms with Crippen LogP contribution in [0, 0.1) is 11.8 Å². The third-order valence-electron chi connectivity index (χ3n) is 11.1. The Morgan fingerprint density at radius 1 is 0.881 bits per heavy atom. The number of carbonyl (C=O) groups is 4. The number of nitrogens with one attached hydrogen (secondary N) is 2. The van der Waals surface area contributed by atoms with Crippen LogP contribution in [0.25, 0.3) is 0 Å². The normalized spacial score (nSPS) is 26.1. The Morgan fingerprint density at radius 2 is 1.44 bits per heavy atom. The lowest BCUT2D eigenvalue weighted by molar-refractivity contribution is -0.120. The quantitative estimate of drug-likeness (QED) is 0.109. The number of benzene rings is 3. The van der Waals surface area contributed by atoms with Gasteiger partial charge in [-0.3, -0.25) is 14.4 Å². The molecule has 11 nitrogen and oxygen atoms in total. The Kier molecular flexibility index (Phi) is 15.1. The molecule has 0 spiro atoms. The van der Waals surface area contributed by atoms with Crippen molar-refractivity contribution in [2.24, 2.45) is 17.6 Å². The first kappa shape index (κ1) is 44.2. The van der Waals surface area contributed by atoms with E-state index in [2.05, 4.69) is 47.0 Å². The lowest BCUT2D eigenvalue weighted by atomic mass is 9.69. The van der Waals surface area contributed by atoms with Gasteiger partial charge in [0.05, 0.1) is 29.0 Å². The number of aliphatic hydroxyl groups is 1. The average molecular weight is 802 g/mol. The van der Waals surface area contributed by atoms with Gasteiger partial charge in [0.15, 0.2) is 6.10 Å². The van der Waals surface area contributed by atoms with E-state index >= 15 is 0 Å². The Morgan fingerprint density at radius 3 is 1.95 bits per heavy atom. The molecular formula is C48H55N3O8. The molecule has 5 N–H and O–H groups in total. The summed E-state index contributed by atoms with van der Waals surface area (Å²) in [6.45, 7) is 7.27. The molecule has 59 heavy (non-hydrogen) atoms. The van der Waals surface area contributed by atoms with Crippen LogP contribution in [0.4, 0.5) is 4.79 Å². The average Bonchev–Trinajstić information content (AvgIpc) is 3.23. The number of hydrogen-bond donors (Lipinski definition) is 4. The summed E-state index contributed by atoms with van der Waals surface area (Å²) in [4.78, 5) is 54.3. The van der Waals surface area contributed by atoms with Crippen molar-refractivity contribution in [3.05, 3.63) is 166 Å². The van der Waals surface area contributed by atoms with Crippen LogP contribution in [0.1, 0.15) is 57.2 Å². The fraction of sp³-hybridized carbons (Fsp3) is 0.333. The highest BCUT2D eigenvalue weighted by Crippen LogP contribution is 2.39. The lowest BCUT2D eigenvalue weighted by Crippen LogP contribution is -2.43. The summed E-state index contributed by atoms with van der Waals surface area (Å²) in [6, 6.07) is 30.1. The summed E-state index contributed by atoms with van der Waals surface area (Å²) < 4.78 is 16.9. The van der Waals surface area contributed by atoms with E-state index < -0.39 is 59.3 Å². The van der Waals surface area contributed by atoms with Crippen LogP contribution in [-0.4, -0.2) is 73.9 Å². The number of Topliss-reactive ketones (excluding diaryl/α,β-unsaturated/α-hetero) is 1. The highest BCUT2D eigenvalue weighted by atomic mass is 16.6. The van der Waals surface area contributed by atoms with Gasteiger partial charge in [0, 0.05) is 43.9 Å². The maximum atomic E-state index is 14.5. The van der Waals surface area contributed by atoms with Crippen molar-refractivity contribution in [1.82, 2.24) is 10.6 Å². The number of nitrogens with two attached hydrogens (primary N) is 1. The van der Waals surface area contributed by atoms with Crippen LogP contribution in [0.3, 0.4) is 0 Å². The van der Waals surface area contributed by atoms with E-state index in [1.807, 2.05) is 68.4 Å². The molecule has 2 aliphatic rings. The van der Waals surface area contributed by atoms with Crippen molar-refractivity contribution in [3.8, 4) is 0 Å². The summed E-state index contributed by atoms with van der Waals surface area (Å²) >= 11 is 0. The molecule has 0 fully saturated rings. The van der Waals surface area contributed by atoms with E-state index in [-0.39, 0.29) is 41.4 Å². The number of methoxy groups -OCH3 is 2. The number of ketones is 2. The van der Waals surface area contributed by atoms with Crippen molar-refractivity contribution in [2.45, 2.75) is 70.4 Å². The minimum atomic E-state index is -1.01.